The third kappa shape index (κ3) is 4.50. The van der Waals surface area contributed by atoms with Crippen LogP contribution < -0.4 is 11.1 Å². The zero-order valence-electron chi connectivity index (χ0n) is 16.0. The number of rotatable bonds is 7. The van der Waals surface area contributed by atoms with E-state index in [4.69, 9.17) is 10.5 Å². The third-order valence-electron chi connectivity index (χ3n) is 4.30. The van der Waals surface area contributed by atoms with Crippen LogP contribution in [0.1, 0.15) is 25.0 Å². The number of fused-ring (bicyclic) bond motifs is 1. The molecule has 0 saturated carbocycles. The highest BCUT2D eigenvalue weighted by Crippen LogP contribution is 2.30. The molecule has 3 rings (SSSR count). The monoisotopic (exact) mass is 380 g/mol. The molecule has 146 valence electrons. The van der Waals surface area contributed by atoms with Crippen LogP contribution in [0, 0.1) is 0 Å². The van der Waals surface area contributed by atoms with Crippen LogP contribution in [0.2, 0.25) is 0 Å². The highest BCUT2D eigenvalue weighted by atomic mass is 16.5. The molecule has 7 nitrogen and oxygen atoms in total. The van der Waals surface area contributed by atoms with Crippen molar-refractivity contribution in [1.29, 1.82) is 0 Å². The minimum atomic E-state index is -0.265. The molecule has 0 spiro atoms. The van der Waals surface area contributed by atoms with Crippen LogP contribution in [0.4, 0.5) is 11.4 Å². The molecule has 0 amide bonds. The summed E-state index contributed by atoms with van der Waals surface area (Å²) in [5, 5.41) is 14.1. The lowest BCUT2D eigenvalue weighted by Crippen LogP contribution is -2.24. The predicted octanol–water partition coefficient (Wildman–Crippen LogP) is 3.25. The number of aromatic hydroxyl groups is 1. The van der Waals surface area contributed by atoms with E-state index >= 15 is 0 Å². The minimum Gasteiger partial charge on any atom is -0.494 e. The number of benzene rings is 2. The van der Waals surface area contributed by atoms with Gasteiger partial charge < -0.3 is 25.9 Å². The zero-order valence-corrected chi connectivity index (χ0v) is 16.0. The van der Waals surface area contributed by atoms with Gasteiger partial charge in [-0.3, -0.25) is 9.79 Å². The number of nitrogen functional groups attached to an aromatic ring is 1. The summed E-state index contributed by atoms with van der Waals surface area (Å²) in [5.74, 6) is -0.194. The largest absolute Gasteiger partial charge is 0.494 e. The second kappa shape index (κ2) is 8.58. The van der Waals surface area contributed by atoms with Gasteiger partial charge >= 0.3 is 5.97 Å². The Morgan fingerprint density at radius 3 is 2.71 bits per heavy atom. The average molecular weight is 380 g/mol. The summed E-state index contributed by atoms with van der Waals surface area (Å²) in [6.45, 7) is 4.75. The lowest BCUT2D eigenvalue weighted by molar-refractivity contribution is -0.142. The second-order valence-electron chi connectivity index (χ2n) is 6.43. The maximum absolute atomic E-state index is 11.3. The van der Waals surface area contributed by atoms with E-state index in [1.807, 2.05) is 43.3 Å². The first-order valence-corrected chi connectivity index (χ1v) is 9.09. The Morgan fingerprint density at radius 2 is 2.00 bits per heavy atom. The number of anilines is 1. The van der Waals surface area contributed by atoms with Crippen LogP contribution in [0.15, 0.2) is 47.5 Å². The molecular weight excluding hydrogens is 356 g/mol. The predicted molar refractivity (Wildman–Crippen MR) is 111 cm³/mol. The molecular formula is C21H24N4O3. The molecule has 2 aromatic carbocycles. The average Bonchev–Trinajstić information content (AvgIpc) is 2.98. The molecule has 0 aliphatic rings. The van der Waals surface area contributed by atoms with E-state index in [0.717, 1.165) is 22.2 Å². The molecule has 3 aromatic rings. The number of carbonyl (C=O) groups excluding carboxylic acids is 1. The van der Waals surface area contributed by atoms with Gasteiger partial charge in [-0.05, 0) is 49.7 Å². The molecule has 0 fully saturated rings. The molecule has 0 unspecified atom stereocenters. The summed E-state index contributed by atoms with van der Waals surface area (Å²) in [7, 11) is 0. The number of hydrogen-bond acceptors (Lipinski definition) is 6. The Labute approximate surface area is 163 Å². The van der Waals surface area contributed by atoms with Crippen molar-refractivity contribution in [2.45, 2.75) is 20.4 Å². The molecule has 0 saturated heterocycles. The SMILES string of the molecule is CCOC(=O)CNCc1ccc(N=C(C)c2c(O)[nH]c3ccc(N)cc23)cc1. The molecule has 0 aliphatic heterocycles. The van der Waals surface area contributed by atoms with Gasteiger partial charge in [0.2, 0.25) is 0 Å². The van der Waals surface area contributed by atoms with Crippen molar-refractivity contribution in [3.8, 4) is 5.88 Å². The number of H-pyrrole nitrogens is 1. The summed E-state index contributed by atoms with van der Waals surface area (Å²) >= 11 is 0. The Bertz CT molecular complexity index is 1010. The van der Waals surface area contributed by atoms with Crippen molar-refractivity contribution in [3.05, 3.63) is 53.6 Å². The van der Waals surface area contributed by atoms with Crippen molar-refractivity contribution < 1.29 is 14.6 Å². The van der Waals surface area contributed by atoms with E-state index in [0.29, 0.717) is 30.1 Å². The number of nitrogens with zero attached hydrogens (tertiary/aromatic N) is 1. The van der Waals surface area contributed by atoms with Crippen molar-refractivity contribution >= 4 is 34.0 Å². The number of hydrogen-bond donors (Lipinski definition) is 4. The van der Waals surface area contributed by atoms with Crippen LogP contribution in [0.3, 0.4) is 0 Å². The number of aliphatic imine (C=N–C) groups is 1. The Balaban J connectivity index is 1.72. The van der Waals surface area contributed by atoms with E-state index in [9.17, 15) is 9.90 Å². The fraction of sp³-hybridized carbons (Fsp3) is 0.238. The van der Waals surface area contributed by atoms with Gasteiger partial charge in [-0.15, -0.1) is 0 Å². The molecule has 0 bridgehead atoms. The van der Waals surface area contributed by atoms with Gasteiger partial charge in [-0.2, -0.15) is 0 Å². The van der Waals surface area contributed by atoms with Gasteiger partial charge in [-0.1, -0.05) is 12.1 Å². The lowest BCUT2D eigenvalue weighted by Gasteiger charge is -2.06. The summed E-state index contributed by atoms with van der Waals surface area (Å²) in [4.78, 5) is 18.9. The van der Waals surface area contributed by atoms with E-state index in [2.05, 4.69) is 15.3 Å². The maximum atomic E-state index is 11.3. The topological polar surface area (TPSA) is 113 Å². The molecule has 1 heterocycles. The lowest BCUT2D eigenvalue weighted by atomic mass is 10.1. The normalized spacial score (nSPS) is 11.7. The van der Waals surface area contributed by atoms with Gasteiger partial charge in [0.1, 0.15) is 0 Å². The maximum Gasteiger partial charge on any atom is 0.319 e. The second-order valence-corrected chi connectivity index (χ2v) is 6.43. The number of nitrogens with one attached hydrogen (secondary N) is 2. The van der Waals surface area contributed by atoms with E-state index in [1.54, 1.807) is 13.0 Å². The number of aromatic amines is 1. The molecule has 0 atom stereocenters. The smallest absolute Gasteiger partial charge is 0.319 e. The van der Waals surface area contributed by atoms with Crippen LogP contribution in [0.5, 0.6) is 5.88 Å². The third-order valence-corrected chi connectivity index (χ3v) is 4.30. The molecule has 28 heavy (non-hydrogen) atoms. The quantitative estimate of drug-likeness (QED) is 0.285. The standard InChI is InChI=1S/C21H24N4O3/c1-3-28-19(26)12-23-11-14-4-7-16(8-5-14)24-13(2)20-17-10-15(22)6-9-18(17)25-21(20)27/h4-10,23,25,27H,3,11-12,22H2,1-2H3. The summed E-state index contributed by atoms with van der Waals surface area (Å²) < 4.78 is 4.88. The minimum absolute atomic E-state index is 0.0710. The van der Waals surface area contributed by atoms with Gasteiger partial charge in [0, 0.05) is 23.1 Å². The Kier molecular flexibility index (Phi) is 5.96. The molecule has 5 N–H and O–H groups in total. The molecule has 7 heteroatoms. The highest BCUT2D eigenvalue weighted by Gasteiger charge is 2.14. The first-order chi connectivity index (χ1) is 13.5. The van der Waals surface area contributed by atoms with Crippen molar-refractivity contribution in [1.82, 2.24) is 10.3 Å². The number of esters is 1. The number of aromatic nitrogens is 1. The molecule has 1 aromatic heterocycles. The van der Waals surface area contributed by atoms with Gasteiger partial charge in [0.25, 0.3) is 0 Å². The Hall–Kier alpha value is -3.32. The molecule has 0 aliphatic carbocycles. The molecule has 0 radical (unpaired) electrons. The van der Waals surface area contributed by atoms with Crippen LogP contribution >= 0.6 is 0 Å². The van der Waals surface area contributed by atoms with E-state index < -0.39 is 0 Å². The number of ether oxygens (including phenoxy) is 1. The van der Waals surface area contributed by atoms with Crippen LogP contribution in [-0.2, 0) is 16.1 Å². The fourth-order valence-corrected chi connectivity index (χ4v) is 3.02. The van der Waals surface area contributed by atoms with Crippen molar-refractivity contribution in [2.75, 3.05) is 18.9 Å². The first kappa shape index (κ1) is 19.4. The fourth-order valence-electron chi connectivity index (χ4n) is 3.02. The summed E-state index contributed by atoms with van der Waals surface area (Å²) in [6.07, 6.45) is 0. The van der Waals surface area contributed by atoms with Crippen LogP contribution in [-0.4, -0.2) is 34.9 Å². The summed E-state index contributed by atoms with van der Waals surface area (Å²) in [5.41, 5.74) is 10.4. The zero-order chi connectivity index (χ0) is 20.1. The van der Waals surface area contributed by atoms with Gasteiger partial charge in [0.15, 0.2) is 5.88 Å². The van der Waals surface area contributed by atoms with Crippen molar-refractivity contribution in [2.24, 2.45) is 4.99 Å². The van der Waals surface area contributed by atoms with Crippen LogP contribution in [0.25, 0.3) is 10.9 Å². The Morgan fingerprint density at radius 1 is 1.25 bits per heavy atom. The van der Waals surface area contributed by atoms with E-state index in [1.165, 1.54) is 0 Å². The van der Waals surface area contributed by atoms with Gasteiger partial charge in [0.05, 0.1) is 30.1 Å². The van der Waals surface area contributed by atoms with E-state index in [-0.39, 0.29) is 18.4 Å². The summed E-state index contributed by atoms with van der Waals surface area (Å²) in [6, 6.07) is 13.1. The number of carbonyl (C=O) groups is 1. The highest BCUT2D eigenvalue weighted by molar-refractivity contribution is 6.13. The number of nitrogens with two attached hydrogens (primary N) is 1. The van der Waals surface area contributed by atoms with Gasteiger partial charge in [-0.25, -0.2) is 0 Å². The van der Waals surface area contributed by atoms with Crippen molar-refractivity contribution in [3.63, 3.8) is 0 Å². The first-order valence-electron chi connectivity index (χ1n) is 9.09.